The van der Waals surface area contributed by atoms with Crippen molar-refractivity contribution in [1.82, 2.24) is 30.0 Å². The summed E-state index contributed by atoms with van der Waals surface area (Å²) in [4.78, 5) is 56.4. The van der Waals surface area contributed by atoms with Crippen LogP contribution < -0.4 is 26.0 Å². The van der Waals surface area contributed by atoms with E-state index in [1.807, 2.05) is 41.3 Å². The second-order valence-corrected chi connectivity index (χ2v) is 13.5. The van der Waals surface area contributed by atoms with Crippen LogP contribution in [0.5, 0.6) is 5.75 Å². The highest BCUT2D eigenvalue weighted by atomic mass is 79.9. The maximum atomic E-state index is 14.0. The molecule has 0 saturated carbocycles. The van der Waals surface area contributed by atoms with E-state index in [0.29, 0.717) is 84.9 Å². The monoisotopic (exact) mass is 769 g/mol. The molecule has 3 aromatic rings. The van der Waals surface area contributed by atoms with Crippen molar-refractivity contribution in [3.05, 3.63) is 69.0 Å². The van der Waals surface area contributed by atoms with E-state index in [0.717, 1.165) is 16.8 Å². The molecule has 1 atom stereocenters. The minimum absolute atomic E-state index is 0.0131. The summed E-state index contributed by atoms with van der Waals surface area (Å²) in [6.45, 7) is 3.52. The number of likely N-dealkylation sites (tertiary alicyclic amines) is 1. The van der Waals surface area contributed by atoms with Crippen molar-refractivity contribution in [3.8, 4) is 5.75 Å². The Bertz CT molecular complexity index is 1620. The van der Waals surface area contributed by atoms with E-state index in [1.54, 1.807) is 23.1 Å². The zero-order valence-electron chi connectivity index (χ0n) is 26.0. The van der Waals surface area contributed by atoms with Crippen LogP contribution in [0.15, 0.2) is 57.9 Å². The van der Waals surface area contributed by atoms with Gasteiger partial charge < -0.3 is 40.7 Å². The topological polar surface area (TPSA) is 149 Å². The van der Waals surface area contributed by atoms with Gasteiger partial charge in [0, 0.05) is 72.9 Å². The number of nitrogens with zero attached hydrogens (tertiary/aromatic N) is 6. The van der Waals surface area contributed by atoms with E-state index in [1.165, 1.54) is 6.33 Å². The maximum absolute atomic E-state index is 14.0. The maximum Gasteiger partial charge on any atom is 0.322 e. The van der Waals surface area contributed by atoms with Crippen molar-refractivity contribution in [2.75, 3.05) is 62.3 Å². The van der Waals surface area contributed by atoms with Crippen LogP contribution in [0.2, 0.25) is 0 Å². The first-order valence-corrected chi connectivity index (χ1v) is 17.1. The number of carbonyl (C=O) groups is 3. The number of carbonyl (C=O) groups excluding carboxylic acids is 3. The van der Waals surface area contributed by atoms with Gasteiger partial charge in [-0.2, -0.15) is 0 Å². The number of aromatic nitrogens is 2. The van der Waals surface area contributed by atoms with Gasteiger partial charge in [0.15, 0.2) is 11.6 Å². The van der Waals surface area contributed by atoms with Gasteiger partial charge in [-0.3, -0.25) is 4.79 Å². The number of hydrogen-bond acceptors (Lipinski definition) is 8. The molecule has 3 aliphatic heterocycles. The molecule has 15 heteroatoms. The van der Waals surface area contributed by atoms with E-state index < -0.39 is 6.04 Å². The molecule has 4 N–H and O–H groups in total. The van der Waals surface area contributed by atoms with Crippen molar-refractivity contribution in [2.45, 2.75) is 37.9 Å². The van der Waals surface area contributed by atoms with E-state index >= 15 is 0 Å². The summed E-state index contributed by atoms with van der Waals surface area (Å²) >= 11 is 7.00. The fourth-order valence-electron chi connectivity index (χ4n) is 6.38. The summed E-state index contributed by atoms with van der Waals surface area (Å²) in [5.41, 5.74) is 9.44. The zero-order valence-corrected chi connectivity index (χ0v) is 29.2. The molecule has 13 nitrogen and oxygen atoms in total. The quantitative estimate of drug-likeness (QED) is 0.305. The van der Waals surface area contributed by atoms with Gasteiger partial charge in [0.1, 0.15) is 12.4 Å². The van der Waals surface area contributed by atoms with Crippen LogP contribution in [0.1, 0.15) is 24.0 Å². The second-order valence-electron chi connectivity index (χ2n) is 11.8. The minimum atomic E-state index is -0.799. The Morgan fingerprint density at radius 3 is 2.47 bits per heavy atom. The first kappa shape index (κ1) is 32.8. The molecule has 0 aliphatic carbocycles. The molecule has 0 radical (unpaired) electrons. The number of piperazine rings is 1. The van der Waals surface area contributed by atoms with E-state index in [2.05, 4.69) is 57.4 Å². The Morgan fingerprint density at radius 1 is 1.06 bits per heavy atom. The van der Waals surface area contributed by atoms with Crippen LogP contribution in [-0.2, 0) is 17.8 Å². The number of nitrogens with one attached hydrogen (secondary N) is 2. The number of nitrogen functional groups attached to an aromatic ring is 1. The summed E-state index contributed by atoms with van der Waals surface area (Å²) in [6, 6.07) is 10.4. The molecule has 5 amide bonds. The lowest BCUT2D eigenvalue weighted by Gasteiger charge is -2.41. The molecule has 248 valence electrons. The molecule has 47 heavy (non-hydrogen) atoms. The van der Waals surface area contributed by atoms with Gasteiger partial charge in [-0.25, -0.2) is 19.6 Å². The molecule has 2 aromatic carbocycles. The lowest BCUT2D eigenvalue weighted by Crippen LogP contribution is -2.58. The highest BCUT2D eigenvalue weighted by molar-refractivity contribution is 9.11. The first-order chi connectivity index (χ1) is 22.7. The number of benzene rings is 2. The van der Waals surface area contributed by atoms with Crippen molar-refractivity contribution < 1.29 is 19.1 Å². The van der Waals surface area contributed by atoms with E-state index in [9.17, 15) is 14.4 Å². The van der Waals surface area contributed by atoms with E-state index in [-0.39, 0.29) is 30.4 Å². The first-order valence-electron chi connectivity index (χ1n) is 15.5. The van der Waals surface area contributed by atoms with Crippen molar-refractivity contribution >= 4 is 67.0 Å². The van der Waals surface area contributed by atoms with Gasteiger partial charge in [0.25, 0.3) is 0 Å². The molecule has 4 heterocycles. The van der Waals surface area contributed by atoms with Crippen LogP contribution >= 0.6 is 31.9 Å². The predicted molar refractivity (Wildman–Crippen MR) is 185 cm³/mol. The number of piperidine rings is 1. The largest absolute Gasteiger partial charge is 0.491 e. The molecule has 6 rings (SSSR count). The molecular formula is C32H37Br2N9O4. The number of methoxy groups -OCH3 is 1. The molecule has 0 bridgehead atoms. The van der Waals surface area contributed by atoms with Crippen LogP contribution in [-0.4, -0.2) is 101 Å². The SMILES string of the molecule is COc1cncnc1N1CCN(C(=O)[C@@H](Cc2cc(Br)c(N)c(Br)c2)NC(=O)N2CCC(N3Cc4ccccc4NC3=O)CC2)CC1. The third kappa shape index (κ3) is 7.25. The lowest BCUT2D eigenvalue weighted by atomic mass is 10.0. The minimum Gasteiger partial charge on any atom is -0.491 e. The number of para-hydroxylation sites is 1. The molecule has 1 aromatic heterocycles. The zero-order chi connectivity index (χ0) is 33.1. The van der Waals surface area contributed by atoms with Gasteiger partial charge in [0.05, 0.1) is 19.0 Å². The second kappa shape index (κ2) is 14.3. The van der Waals surface area contributed by atoms with Crippen molar-refractivity contribution in [1.29, 1.82) is 0 Å². The van der Waals surface area contributed by atoms with Gasteiger partial charge in [0.2, 0.25) is 5.91 Å². The Kier molecular flexibility index (Phi) is 10.0. The van der Waals surface area contributed by atoms with Gasteiger partial charge in [-0.15, -0.1) is 0 Å². The fraction of sp³-hybridized carbons (Fsp3) is 0.406. The number of rotatable bonds is 7. The number of hydrogen-bond donors (Lipinski definition) is 3. The lowest BCUT2D eigenvalue weighted by molar-refractivity contribution is -0.133. The van der Waals surface area contributed by atoms with E-state index in [4.69, 9.17) is 10.5 Å². The fourth-order valence-corrected chi connectivity index (χ4v) is 7.66. The molecule has 3 aliphatic rings. The Morgan fingerprint density at radius 2 is 1.77 bits per heavy atom. The normalized spacial score (nSPS) is 17.6. The summed E-state index contributed by atoms with van der Waals surface area (Å²) in [6.07, 6.45) is 4.68. The number of anilines is 3. The Hall–Kier alpha value is -4.11. The number of nitrogens with two attached hydrogens (primary N) is 1. The third-order valence-electron chi connectivity index (χ3n) is 9.00. The van der Waals surface area contributed by atoms with Crippen LogP contribution in [0.4, 0.5) is 26.8 Å². The molecule has 2 fully saturated rings. The highest BCUT2D eigenvalue weighted by Crippen LogP contribution is 2.31. The molecular weight excluding hydrogens is 734 g/mol. The number of ether oxygens (including phenoxy) is 1. The molecule has 0 spiro atoms. The smallest absolute Gasteiger partial charge is 0.322 e. The average molecular weight is 772 g/mol. The number of halogens is 2. The van der Waals surface area contributed by atoms with Gasteiger partial charge in [-0.1, -0.05) is 18.2 Å². The van der Waals surface area contributed by atoms with Gasteiger partial charge >= 0.3 is 12.1 Å². The summed E-state index contributed by atoms with van der Waals surface area (Å²) in [5.74, 6) is 1.10. The molecule has 0 unspecified atom stereocenters. The summed E-state index contributed by atoms with van der Waals surface area (Å²) < 4.78 is 6.84. The Labute approximate surface area is 290 Å². The average Bonchev–Trinajstić information content (AvgIpc) is 3.09. The van der Waals surface area contributed by atoms with Gasteiger partial charge in [-0.05, 0) is 74.0 Å². The predicted octanol–water partition coefficient (Wildman–Crippen LogP) is 4.07. The standard InChI is InChI=1S/C32H37Br2N9O4/c1-47-27-17-36-19-37-29(27)40-10-12-41(13-11-40)30(44)26(16-20-14-23(33)28(35)24(34)15-20)39-31(45)42-8-6-22(7-9-42)43-18-21-4-2-3-5-25(21)38-32(43)46/h2-5,14-15,17,19,22,26H,6-13,16,18,35H2,1H3,(H,38,46)(H,39,45)/t26-/m1/s1. The van der Waals surface area contributed by atoms with Crippen LogP contribution in [0.25, 0.3) is 0 Å². The van der Waals surface area contributed by atoms with Crippen LogP contribution in [0.3, 0.4) is 0 Å². The number of urea groups is 2. The molecule has 2 saturated heterocycles. The van der Waals surface area contributed by atoms with Crippen LogP contribution in [0, 0.1) is 0 Å². The number of fused-ring (bicyclic) bond motifs is 1. The number of amides is 5. The highest BCUT2D eigenvalue weighted by Gasteiger charge is 2.35. The summed E-state index contributed by atoms with van der Waals surface area (Å²) in [5, 5.41) is 6.04. The Balaban J connectivity index is 1.11. The van der Waals surface area contributed by atoms with Crippen molar-refractivity contribution in [2.24, 2.45) is 0 Å². The summed E-state index contributed by atoms with van der Waals surface area (Å²) in [7, 11) is 1.58. The van der Waals surface area contributed by atoms with Crippen molar-refractivity contribution in [3.63, 3.8) is 0 Å². The third-order valence-corrected chi connectivity index (χ3v) is 10.3.